The monoisotopic (exact) mass is 509 g/mol. The first-order valence-electron chi connectivity index (χ1n) is 13.8. The van der Waals surface area contributed by atoms with Crippen molar-refractivity contribution in [2.75, 3.05) is 26.2 Å². The van der Waals surface area contributed by atoms with Gasteiger partial charge in [-0.05, 0) is 67.8 Å². The largest absolute Gasteiger partial charge is 0.390 e. The molecule has 6 nitrogen and oxygen atoms in total. The van der Waals surface area contributed by atoms with Crippen LogP contribution in [0.3, 0.4) is 0 Å². The first kappa shape index (κ1) is 30.5. The highest BCUT2D eigenvalue weighted by Crippen LogP contribution is 2.19. The second kappa shape index (κ2) is 15.5. The van der Waals surface area contributed by atoms with Crippen LogP contribution in [0, 0.1) is 5.41 Å². The van der Waals surface area contributed by atoms with Gasteiger partial charge < -0.3 is 20.6 Å². The molecule has 0 heterocycles. The second-order valence-electron chi connectivity index (χ2n) is 11.1. The number of benzene rings is 2. The Balaban J connectivity index is 2.10. The summed E-state index contributed by atoms with van der Waals surface area (Å²) in [6, 6.07) is 16.3. The second-order valence-corrected chi connectivity index (χ2v) is 11.1. The van der Waals surface area contributed by atoms with Crippen molar-refractivity contribution in [2.45, 2.75) is 78.9 Å². The molecule has 2 aromatic rings. The van der Waals surface area contributed by atoms with E-state index in [1.54, 1.807) is 24.3 Å². The Bertz CT molecular complexity index is 950. The lowest BCUT2D eigenvalue weighted by atomic mass is 9.91. The molecule has 2 aromatic carbocycles. The zero-order valence-electron chi connectivity index (χ0n) is 23.4. The minimum Gasteiger partial charge on any atom is -0.390 e. The molecule has 0 radical (unpaired) electrons. The molecule has 204 valence electrons. The molecule has 37 heavy (non-hydrogen) atoms. The predicted octanol–water partition coefficient (Wildman–Crippen LogP) is 5.07. The fraction of sp³-hybridized carbons (Fsp3) is 0.548. The maximum Gasteiger partial charge on any atom is 0.253 e. The molecule has 0 aromatic heterocycles. The van der Waals surface area contributed by atoms with Crippen molar-refractivity contribution in [3.63, 3.8) is 0 Å². The van der Waals surface area contributed by atoms with Crippen LogP contribution in [0.1, 0.15) is 86.6 Å². The Morgan fingerprint density at radius 2 is 1.59 bits per heavy atom. The number of carbonyl (C=O) groups is 2. The minimum absolute atomic E-state index is 0.0568. The van der Waals surface area contributed by atoms with E-state index in [4.69, 9.17) is 0 Å². The van der Waals surface area contributed by atoms with Crippen molar-refractivity contribution < 1.29 is 14.7 Å². The van der Waals surface area contributed by atoms with Gasteiger partial charge in [0.2, 0.25) is 0 Å². The SMILES string of the molecule is CCCN(CCC)C(=O)c1cccc(C(=O)N[C@@H](Cc2ccccc2)[C@H](O)CNCCCC(C)(C)C)c1. The van der Waals surface area contributed by atoms with E-state index in [1.165, 1.54) is 0 Å². The minimum atomic E-state index is -0.756. The van der Waals surface area contributed by atoms with Gasteiger partial charge in [-0.2, -0.15) is 0 Å². The van der Waals surface area contributed by atoms with Gasteiger partial charge in [0, 0.05) is 30.8 Å². The number of hydrogen-bond acceptors (Lipinski definition) is 4. The van der Waals surface area contributed by atoms with Gasteiger partial charge in [-0.25, -0.2) is 0 Å². The van der Waals surface area contributed by atoms with Crippen molar-refractivity contribution in [1.29, 1.82) is 0 Å². The summed E-state index contributed by atoms with van der Waals surface area (Å²) in [4.78, 5) is 28.2. The number of hydrogen-bond donors (Lipinski definition) is 3. The molecule has 2 amide bonds. The zero-order valence-corrected chi connectivity index (χ0v) is 23.4. The molecule has 0 spiro atoms. The van der Waals surface area contributed by atoms with Gasteiger partial charge in [-0.1, -0.05) is 71.0 Å². The molecule has 0 saturated carbocycles. The Labute approximate surface area is 223 Å². The molecule has 2 atom stereocenters. The van der Waals surface area contributed by atoms with Crippen LogP contribution in [0.25, 0.3) is 0 Å². The van der Waals surface area contributed by atoms with Gasteiger partial charge in [-0.3, -0.25) is 9.59 Å². The van der Waals surface area contributed by atoms with E-state index in [0.29, 0.717) is 37.2 Å². The fourth-order valence-electron chi connectivity index (χ4n) is 4.37. The fourth-order valence-corrected chi connectivity index (χ4v) is 4.37. The molecule has 0 aliphatic heterocycles. The van der Waals surface area contributed by atoms with Gasteiger partial charge in [0.1, 0.15) is 0 Å². The average Bonchev–Trinajstić information content (AvgIpc) is 2.87. The van der Waals surface area contributed by atoms with Crippen molar-refractivity contribution in [1.82, 2.24) is 15.5 Å². The van der Waals surface area contributed by atoms with E-state index in [-0.39, 0.29) is 17.2 Å². The summed E-state index contributed by atoms with van der Waals surface area (Å²) in [6.07, 6.45) is 3.65. The van der Waals surface area contributed by atoms with E-state index in [9.17, 15) is 14.7 Å². The van der Waals surface area contributed by atoms with Crippen molar-refractivity contribution >= 4 is 11.8 Å². The number of nitrogens with zero attached hydrogens (tertiary/aromatic N) is 1. The summed E-state index contributed by atoms with van der Waals surface area (Å²) < 4.78 is 0. The highest BCUT2D eigenvalue weighted by Gasteiger charge is 2.23. The maximum atomic E-state index is 13.3. The quantitative estimate of drug-likeness (QED) is 0.293. The van der Waals surface area contributed by atoms with Crippen LogP contribution in [-0.2, 0) is 6.42 Å². The van der Waals surface area contributed by atoms with Crippen molar-refractivity contribution in [2.24, 2.45) is 5.41 Å². The van der Waals surface area contributed by atoms with Crippen LogP contribution in [0.5, 0.6) is 0 Å². The Morgan fingerprint density at radius 1 is 0.946 bits per heavy atom. The molecule has 0 unspecified atom stereocenters. The van der Waals surface area contributed by atoms with Gasteiger partial charge in [0.15, 0.2) is 0 Å². The molecule has 0 saturated heterocycles. The first-order valence-corrected chi connectivity index (χ1v) is 13.8. The third kappa shape index (κ3) is 11.1. The molecule has 3 N–H and O–H groups in total. The van der Waals surface area contributed by atoms with Crippen molar-refractivity contribution in [3.8, 4) is 0 Å². The molecule has 0 bridgehead atoms. The summed E-state index contributed by atoms with van der Waals surface area (Å²) in [6.45, 7) is 13.4. The normalized spacial score (nSPS) is 13.1. The molecule has 2 rings (SSSR count). The van der Waals surface area contributed by atoms with E-state index < -0.39 is 12.1 Å². The smallest absolute Gasteiger partial charge is 0.253 e. The lowest BCUT2D eigenvalue weighted by molar-refractivity contribution is 0.0755. The van der Waals surface area contributed by atoms with Crippen LogP contribution < -0.4 is 10.6 Å². The van der Waals surface area contributed by atoms with Crippen LogP contribution in [-0.4, -0.2) is 60.1 Å². The van der Waals surface area contributed by atoms with Crippen LogP contribution in [0.2, 0.25) is 0 Å². The van der Waals surface area contributed by atoms with Crippen LogP contribution in [0.4, 0.5) is 0 Å². The van der Waals surface area contributed by atoms with E-state index in [2.05, 4.69) is 45.3 Å². The highest BCUT2D eigenvalue weighted by atomic mass is 16.3. The van der Waals surface area contributed by atoms with Crippen molar-refractivity contribution in [3.05, 3.63) is 71.3 Å². The standard InChI is InChI=1S/C31H47N3O3/c1-6-19-34(20-7-2)30(37)26-16-11-15-25(22-26)29(36)33-27(21-24-13-9-8-10-14-24)28(35)23-32-18-12-17-31(3,4)5/h8-11,13-16,22,27-28,32,35H,6-7,12,17-21,23H2,1-5H3,(H,33,36)/t27-,28+/m0/s1. The van der Waals surface area contributed by atoms with Gasteiger partial charge >= 0.3 is 0 Å². The average molecular weight is 510 g/mol. The lowest BCUT2D eigenvalue weighted by Crippen LogP contribution is -2.49. The van der Waals surface area contributed by atoms with Gasteiger partial charge in [0.05, 0.1) is 12.1 Å². The Morgan fingerprint density at radius 3 is 2.22 bits per heavy atom. The molecule has 0 fully saturated rings. The molecular weight excluding hydrogens is 462 g/mol. The predicted molar refractivity (Wildman–Crippen MR) is 152 cm³/mol. The first-order chi connectivity index (χ1) is 17.6. The highest BCUT2D eigenvalue weighted by molar-refractivity contribution is 5.99. The number of nitrogens with one attached hydrogen (secondary N) is 2. The molecule has 0 aliphatic carbocycles. The summed E-state index contributed by atoms with van der Waals surface area (Å²) in [5.41, 5.74) is 2.25. The summed E-state index contributed by atoms with van der Waals surface area (Å²) >= 11 is 0. The molecule has 0 aliphatic rings. The molecular formula is C31H47N3O3. The molecule has 6 heteroatoms. The maximum absolute atomic E-state index is 13.3. The number of carbonyl (C=O) groups excluding carboxylic acids is 2. The van der Waals surface area contributed by atoms with E-state index in [0.717, 1.165) is 37.8 Å². The summed E-state index contributed by atoms with van der Waals surface area (Å²) in [7, 11) is 0. The van der Waals surface area contributed by atoms with Crippen LogP contribution in [0.15, 0.2) is 54.6 Å². The third-order valence-electron chi connectivity index (χ3n) is 6.36. The summed E-state index contributed by atoms with van der Waals surface area (Å²) in [5.74, 6) is -0.349. The van der Waals surface area contributed by atoms with Gasteiger partial charge in [0.25, 0.3) is 11.8 Å². The van der Waals surface area contributed by atoms with E-state index in [1.807, 2.05) is 35.2 Å². The Hall–Kier alpha value is -2.70. The number of amides is 2. The third-order valence-corrected chi connectivity index (χ3v) is 6.36. The van der Waals surface area contributed by atoms with Gasteiger partial charge in [-0.15, -0.1) is 0 Å². The number of aliphatic hydroxyl groups is 1. The van der Waals surface area contributed by atoms with Crippen LogP contribution >= 0.6 is 0 Å². The number of rotatable bonds is 15. The Kier molecular flexibility index (Phi) is 12.8. The summed E-state index contributed by atoms with van der Waals surface area (Å²) in [5, 5.41) is 17.4. The number of aliphatic hydroxyl groups excluding tert-OH is 1. The topological polar surface area (TPSA) is 81.7 Å². The van der Waals surface area contributed by atoms with E-state index >= 15 is 0 Å². The lowest BCUT2D eigenvalue weighted by Gasteiger charge is -2.25. The zero-order chi connectivity index (χ0) is 27.3.